The van der Waals surface area contributed by atoms with Gasteiger partial charge in [-0.05, 0) is 117 Å². The summed E-state index contributed by atoms with van der Waals surface area (Å²) in [4.78, 5) is 53.4. The molecule has 372 valence electrons. The summed E-state index contributed by atoms with van der Waals surface area (Å²) >= 11 is 0. The summed E-state index contributed by atoms with van der Waals surface area (Å²) in [5.74, 6) is 3.18. The number of aromatic nitrogens is 4. The SMILES string of the molecule is CCNC(=O)Nc1ccc(-c2nc3c(c(N4CCOC[C@@H]4C)n2)CCN(C(C)C)[C@@H]3CC#N)cc1.CCNC(=O)Nc1ccc(-c2nc3c(c(N4CCOC[C@@H]4C)n2)CCN(C(C)C)[C@H]3CC#N)cc1. The molecule has 0 radical (unpaired) electrons. The molecule has 4 amide bonds. The number of nitrogens with one attached hydrogen (secondary N) is 4. The molecule has 4 aliphatic heterocycles. The highest BCUT2D eigenvalue weighted by atomic mass is 16.5. The molecule has 6 heterocycles. The fraction of sp³-hybridized carbons (Fsp3) is 0.538. The molecule has 70 heavy (non-hydrogen) atoms. The van der Waals surface area contributed by atoms with E-state index < -0.39 is 0 Å². The first-order chi connectivity index (χ1) is 33.8. The largest absolute Gasteiger partial charge is 0.377 e. The summed E-state index contributed by atoms with van der Waals surface area (Å²) in [7, 11) is 0. The van der Waals surface area contributed by atoms with Gasteiger partial charge in [0.15, 0.2) is 11.6 Å². The Hall–Kier alpha value is -6.44. The zero-order valence-electron chi connectivity index (χ0n) is 42.1. The van der Waals surface area contributed by atoms with Gasteiger partial charge in [0.05, 0.1) is 87.0 Å². The van der Waals surface area contributed by atoms with Crippen molar-refractivity contribution in [3.8, 4) is 34.9 Å². The number of anilines is 4. The number of urea groups is 2. The molecule has 2 saturated heterocycles. The Bertz CT molecular complexity index is 2330. The second-order valence-electron chi connectivity index (χ2n) is 18.7. The van der Waals surface area contributed by atoms with Crippen LogP contribution in [0, 0.1) is 22.7 Å². The maximum absolute atomic E-state index is 11.9. The molecule has 4 aliphatic rings. The van der Waals surface area contributed by atoms with Crippen LogP contribution in [0.15, 0.2) is 48.5 Å². The van der Waals surface area contributed by atoms with E-state index in [1.165, 1.54) is 0 Å². The first-order valence-electron chi connectivity index (χ1n) is 24.9. The van der Waals surface area contributed by atoms with Crippen molar-refractivity contribution in [1.29, 1.82) is 10.5 Å². The summed E-state index contributed by atoms with van der Waals surface area (Å²) in [5, 5.41) is 30.4. The average Bonchev–Trinajstić information content (AvgIpc) is 3.35. The predicted molar refractivity (Wildman–Crippen MR) is 273 cm³/mol. The van der Waals surface area contributed by atoms with Crippen LogP contribution in [-0.2, 0) is 22.3 Å². The molecule has 0 bridgehead atoms. The number of rotatable bonds is 12. The minimum absolute atomic E-state index is 0.0701. The third-order valence-electron chi connectivity index (χ3n) is 13.4. The summed E-state index contributed by atoms with van der Waals surface area (Å²) in [6.07, 6.45) is 2.47. The number of benzene rings is 2. The number of carbonyl (C=O) groups excluding carboxylic acids is 2. The summed E-state index contributed by atoms with van der Waals surface area (Å²) < 4.78 is 11.4. The summed E-state index contributed by atoms with van der Waals surface area (Å²) in [6.45, 7) is 23.8. The highest BCUT2D eigenvalue weighted by molar-refractivity contribution is 5.90. The van der Waals surface area contributed by atoms with Crippen molar-refractivity contribution in [1.82, 2.24) is 40.4 Å². The Kier molecular flexibility index (Phi) is 17.6. The zero-order valence-corrected chi connectivity index (χ0v) is 42.1. The van der Waals surface area contributed by atoms with E-state index in [0.29, 0.717) is 87.5 Å². The maximum atomic E-state index is 11.9. The van der Waals surface area contributed by atoms with Crippen molar-refractivity contribution in [2.24, 2.45) is 0 Å². The zero-order chi connectivity index (χ0) is 49.9. The Balaban J connectivity index is 0.000000206. The minimum Gasteiger partial charge on any atom is -0.377 e. The van der Waals surface area contributed by atoms with Crippen LogP contribution in [0.3, 0.4) is 0 Å². The molecule has 4 aromatic rings. The van der Waals surface area contributed by atoms with E-state index in [2.05, 4.69) is 94.5 Å². The molecule has 4 N–H and O–H groups in total. The van der Waals surface area contributed by atoms with E-state index in [-0.39, 0.29) is 36.2 Å². The van der Waals surface area contributed by atoms with E-state index in [4.69, 9.17) is 29.4 Å². The fourth-order valence-corrected chi connectivity index (χ4v) is 9.85. The lowest BCUT2D eigenvalue weighted by Crippen LogP contribution is -2.46. The molecule has 0 saturated carbocycles. The maximum Gasteiger partial charge on any atom is 0.319 e. The van der Waals surface area contributed by atoms with Crippen molar-refractivity contribution in [3.63, 3.8) is 0 Å². The van der Waals surface area contributed by atoms with Gasteiger partial charge in [0, 0.05) is 85.0 Å². The number of morpholine rings is 2. The topological polar surface area (TPSA) is 213 Å². The Morgan fingerprint density at radius 1 is 0.629 bits per heavy atom. The molecule has 18 heteroatoms. The lowest BCUT2D eigenvalue weighted by Gasteiger charge is -2.41. The molecule has 4 atom stereocenters. The van der Waals surface area contributed by atoms with Crippen LogP contribution in [0.4, 0.5) is 32.6 Å². The first kappa shape index (κ1) is 51.4. The number of nitriles is 2. The molecule has 0 aliphatic carbocycles. The Morgan fingerprint density at radius 3 is 1.34 bits per heavy atom. The molecule has 2 fully saturated rings. The van der Waals surface area contributed by atoms with Crippen molar-refractivity contribution in [3.05, 3.63) is 71.0 Å². The molecule has 18 nitrogen and oxygen atoms in total. The van der Waals surface area contributed by atoms with Crippen LogP contribution in [0.2, 0.25) is 0 Å². The number of amides is 4. The monoisotopic (exact) mass is 955 g/mol. The quantitative estimate of drug-likeness (QED) is 0.109. The van der Waals surface area contributed by atoms with Gasteiger partial charge in [-0.2, -0.15) is 10.5 Å². The van der Waals surface area contributed by atoms with Crippen molar-refractivity contribution in [2.45, 2.75) is 117 Å². The van der Waals surface area contributed by atoms with Gasteiger partial charge in [-0.1, -0.05) is 0 Å². The molecule has 0 spiro atoms. The van der Waals surface area contributed by atoms with Crippen LogP contribution >= 0.6 is 0 Å². The van der Waals surface area contributed by atoms with Crippen LogP contribution < -0.4 is 31.1 Å². The molecule has 2 aromatic carbocycles. The van der Waals surface area contributed by atoms with E-state index in [1.807, 2.05) is 62.4 Å². The predicted octanol–water partition coefficient (Wildman–Crippen LogP) is 7.46. The third kappa shape index (κ3) is 11.9. The van der Waals surface area contributed by atoms with Gasteiger partial charge in [-0.15, -0.1) is 0 Å². The summed E-state index contributed by atoms with van der Waals surface area (Å²) in [6, 6.07) is 20.3. The highest BCUT2D eigenvalue weighted by Gasteiger charge is 2.37. The van der Waals surface area contributed by atoms with E-state index >= 15 is 0 Å². The van der Waals surface area contributed by atoms with Crippen LogP contribution in [0.5, 0.6) is 0 Å². The Labute approximate surface area is 413 Å². The van der Waals surface area contributed by atoms with Crippen LogP contribution in [0.1, 0.15) is 103 Å². The second kappa shape index (κ2) is 23.9. The van der Waals surface area contributed by atoms with E-state index in [1.54, 1.807) is 0 Å². The molecular formula is C52H70N14O4. The smallest absolute Gasteiger partial charge is 0.319 e. The molecule has 2 aromatic heterocycles. The number of nitrogens with zero attached hydrogens (tertiary/aromatic N) is 10. The number of hydrogen-bond donors (Lipinski definition) is 4. The first-order valence-corrected chi connectivity index (χ1v) is 24.9. The van der Waals surface area contributed by atoms with Gasteiger partial charge in [-0.3, -0.25) is 9.80 Å². The second-order valence-corrected chi connectivity index (χ2v) is 18.7. The van der Waals surface area contributed by atoms with Gasteiger partial charge in [0.2, 0.25) is 0 Å². The average molecular weight is 955 g/mol. The minimum atomic E-state index is -0.234. The number of ether oxygens (including phenoxy) is 2. The van der Waals surface area contributed by atoms with Gasteiger partial charge in [-0.25, -0.2) is 29.5 Å². The number of hydrogen-bond acceptors (Lipinski definition) is 14. The van der Waals surface area contributed by atoms with Gasteiger partial charge in [0.1, 0.15) is 11.6 Å². The normalized spacial score (nSPS) is 20.3. The lowest BCUT2D eigenvalue weighted by molar-refractivity contribution is 0.0979. The molecular weight excluding hydrogens is 885 g/mol. The van der Waals surface area contributed by atoms with Crippen LogP contribution in [-0.4, -0.2) is 132 Å². The Morgan fingerprint density at radius 2 is 1.01 bits per heavy atom. The molecule has 8 rings (SSSR count). The van der Waals surface area contributed by atoms with E-state index in [9.17, 15) is 20.1 Å². The van der Waals surface area contributed by atoms with E-state index in [0.717, 1.165) is 84.3 Å². The van der Waals surface area contributed by atoms with Gasteiger partial charge >= 0.3 is 12.1 Å². The third-order valence-corrected chi connectivity index (χ3v) is 13.4. The number of fused-ring (bicyclic) bond motifs is 2. The van der Waals surface area contributed by atoms with Crippen molar-refractivity contribution in [2.75, 3.05) is 86.1 Å². The fourth-order valence-electron chi connectivity index (χ4n) is 9.85. The summed E-state index contributed by atoms with van der Waals surface area (Å²) in [5.41, 5.74) is 7.34. The lowest BCUT2D eigenvalue weighted by atomic mass is 9.93. The van der Waals surface area contributed by atoms with Crippen molar-refractivity contribution >= 4 is 35.1 Å². The number of carbonyl (C=O) groups is 2. The van der Waals surface area contributed by atoms with Crippen LogP contribution in [0.25, 0.3) is 22.8 Å². The van der Waals surface area contributed by atoms with Gasteiger partial charge < -0.3 is 40.5 Å². The van der Waals surface area contributed by atoms with Gasteiger partial charge in [0.25, 0.3) is 0 Å². The molecule has 0 unspecified atom stereocenters. The highest BCUT2D eigenvalue weighted by Crippen LogP contribution is 2.40. The van der Waals surface area contributed by atoms with Crippen molar-refractivity contribution < 1.29 is 19.1 Å². The standard InChI is InChI=1S/2C26H35N7O2/c2*1-5-28-26(34)29-20-8-6-19(7-9-20)24-30-23-21(11-13-32(17(2)3)22(23)10-12-27)25(31-24)33-14-15-35-16-18(33)4/h2*6-9,17-18,22H,5,10-11,13-16H2,1-4H3,(H2,28,29,34)/t18-,22+;18-,22-/m00/s1.